The maximum absolute atomic E-state index is 10.9. The minimum atomic E-state index is -0.396. The smallest absolute Gasteiger partial charge is 0.334 e. The molecule has 0 aliphatic rings. The van der Waals surface area contributed by atoms with Crippen LogP contribution in [0.1, 0.15) is 6.42 Å². The standard InChI is InChI=1S/C7H14O3S/c1-9-6(4-5-11-3)7(8)10-2/h6H,4-5H2,1-3H3. The van der Waals surface area contributed by atoms with Crippen molar-refractivity contribution in [2.75, 3.05) is 26.2 Å². The van der Waals surface area contributed by atoms with Gasteiger partial charge in [0.05, 0.1) is 7.11 Å². The van der Waals surface area contributed by atoms with Gasteiger partial charge in [-0.3, -0.25) is 0 Å². The molecule has 0 radical (unpaired) electrons. The van der Waals surface area contributed by atoms with Crippen molar-refractivity contribution in [2.45, 2.75) is 12.5 Å². The molecule has 0 amide bonds. The van der Waals surface area contributed by atoms with Crippen molar-refractivity contribution in [3.63, 3.8) is 0 Å². The molecule has 66 valence electrons. The summed E-state index contributed by atoms with van der Waals surface area (Å²) in [5.41, 5.74) is 0. The molecular formula is C7H14O3S. The van der Waals surface area contributed by atoms with E-state index in [4.69, 9.17) is 4.74 Å². The van der Waals surface area contributed by atoms with Crippen LogP contribution in [-0.4, -0.2) is 38.3 Å². The zero-order valence-electron chi connectivity index (χ0n) is 7.12. The molecule has 0 rings (SSSR count). The highest BCUT2D eigenvalue weighted by atomic mass is 32.2. The van der Waals surface area contributed by atoms with E-state index in [0.29, 0.717) is 6.42 Å². The van der Waals surface area contributed by atoms with Gasteiger partial charge < -0.3 is 9.47 Å². The third-order valence-electron chi connectivity index (χ3n) is 1.33. The Morgan fingerprint density at radius 2 is 2.18 bits per heavy atom. The van der Waals surface area contributed by atoms with Crippen LogP contribution in [0.5, 0.6) is 0 Å². The quantitative estimate of drug-likeness (QED) is 0.587. The van der Waals surface area contributed by atoms with Gasteiger partial charge in [0, 0.05) is 7.11 Å². The molecule has 0 saturated heterocycles. The minimum Gasteiger partial charge on any atom is -0.467 e. The van der Waals surface area contributed by atoms with Crippen LogP contribution in [0.4, 0.5) is 0 Å². The Morgan fingerprint density at radius 3 is 2.55 bits per heavy atom. The third-order valence-corrected chi connectivity index (χ3v) is 1.98. The monoisotopic (exact) mass is 178 g/mol. The lowest BCUT2D eigenvalue weighted by atomic mass is 10.3. The van der Waals surface area contributed by atoms with Gasteiger partial charge in [-0.2, -0.15) is 11.8 Å². The Bertz CT molecular complexity index is 116. The number of hydrogen-bond acceptors (Lipinski definition) is 4. The van der Waals surface area contributed by atoms with Crippen molar-refractivity contribution in [1.82, 2.24) is 0 Å². The minimum absolute atomic E-state index is 0.290. The lowest BCUT2D eigenvalue weighted by Gasteiger charge is -2.10. The number of carbonyl (C=O) groups excluding carboxylic acids is 1. The lowest BCUT2D eigenvalue weighted by molar-refractivity contribution is -0.152. The number of carbonyl (C=O) groups is 1. The van der Waals surface area contributed by atoms with Crippen molar-refractivity contribution in [1.29, 1.82) is 0 Å². The Balaban J connectivity index is 3.65. The number of hydrogen-bond donors (Lipinski definition) is 0. The summed E-state index contributed by atoms with van der Waals surface area (Å²) in [7, 11) is 2.88. The second kappa shape index (κ2) is 6.49. The maximum atomic E-state index is 10.9. The molecule has 11 heavy (non-hydrogen) atoms. The fourth-order valence-corrected chi connectivity index (χ4v) is 1.14. The molecular weight excluding hydrogens is 164 g/mol. The number of methoxy groups -OCH3 is 2. The largest absolute Gasteiger partial charge is 0.467 e. The van der Waals surface area contributed by atoms with Crippen molar-refractivity contribution in [3.8, 4) is 0 Å². The molecule has 0 heterocycles. The Kier molecular flexibility index (Phi) is 6.36. The van der Waals surface area contributed by atoms with Gasteiger partial charge in [0.1, 0.15) is 0 Å². The second-order valence-corrected chi connectivity index (χ2v) is 3.01. The molecule has 4 heteroatoms. The summed E-state index contributed by atoms with van der Waals surface area (Å²) in [6, 6.07) is 0. The van der Waals surface area contributed by atoms with E-state index >= 15 is 0 Å². The number of esters is 1. The summed E-state index contributed by atoms with van der Waals surface area (Å²) in [4.78, 5) is 10.9. The average Bonchev–Trinajstić information content (AvgIpc) is 2.05. The maximum Gasteiger partial charge on any atom is 0.334 e. The van der Waals surface area contributed by atoms with Gasteiger partial charge in [0.25, 0.3) is 0 Å². The van der Waals surface area contributed by atoms with Crippen LogP contribution in [0.15, 0.2) is 0 Å². The molecule has 1 atom stereocenters. The SMILES string of the molecule is COC(=O)C(CCSC)OC. The second-order valence-electron chi connectivity index (χ2n) is 2.03. The van der Waals surface area contributed by atoms with E-state index in [2.05, 4.69) is 4.74 Å². The molecule has 0 aromatic heterocycles. The highest BCUT2D eigenvalue weighted by molar-refractivity contribution is 7.98. The average molecular weight is 178 g/mol. The van der Waals surface area contributed by atoms with Crippen LogP contribution in [0.3, 0.4) is 0 Å². The molecule has 3 nitrogen and oxygen atoms in total. The van der Waals surface area contributed by atoms with E-state index < -0.39 is 6.10 Å². The zero-order chi connectivity index (χ0) is 8.69. The zero-order valence-corrected chi connectivity index (χ0v) is 7.94. The van der Waals surface area contributed by atoms with Gasteiger partial charge in [-0.05, 0) is 18.4 Å². The fraction of sp³-hybridized carbons (Fsp3) is 0.857. The summed E-state index contributed by atoms with van der Waals surface area (Å²) < 4.78 is 9.44. The van der Waals surface area contributed by atoms with Crippen LogP contribution in [0.2, 0.25) is 0 Å². The van der Waals surface area contributed by atoms with Crippen LogP contribution < -0.4 is 0 Å². The molecule has 0 spiro atoms. The molecule has 1 unspecified atom stereocenters. The Morgan fingerprint density at radius 1 is 1.55 bits per heavy atom. The molecule has 0 aliphatic heterocycles. The first-order chi connectivity index (χ1) is 5.26. The predicted molar refractivity (Wildman–Crippen MR) is 45.8 cm³/mol. The predicted octanol–water partition coefficient (Wildman–Crippen LogP) is 0.927. The number of thioether (sulfide) groups is 1. The first-order valence-electron chi connectivity index (χ1n) is 3.35. The van der Waals surface area contributed by atoms with Crippen molar-refractivity contribution >= 4 is 17.7 Å². The molecule has 0 fully saturated rings. The molecule has 0 aliphatic carbocycles. The third kappa shape index (κ3) is 4.27. The number of ether oxygens (including phenoxy) is 2. The lowest BCUT2D eigenvalue weighted by Crippen LogP contribution is -2.24. The molecule has 0 saturated carbocycles. The first-order valence-corrected chi connectivity index (χ1v) is 4.75. The molecule has 0 aromatic carbocycles. The van der Waals surface area contributed by atoms with Crippen LogP contribution in [-0.2, 0) is 14.3 Å². The van der Waals surface area contributed by atoms with E-state index in [0.717, 1.165) is 5.75 Å². The first kappa shape index (κ1) is 10.8. The van der Waals surface area contributed by atoms with E-state index in [1.807, 2.05) is 6.26 Å². The fourth-order valence-electron chi connectivity index (χ4n) is 0.688. The molecule has 0 bridgehead atoms. The van der Waals surface area contributed by atoms with E-state index in [9.17, 15) is 4.79 Å². The summed E-state index contributed by atoms with van der Waals surface area (Å²) in [5.74, 6) is 0.620. The van der Waals surface area contributed by atoms with Crippen molar-refractivity contribution in [2.24, 2.45) is 0 Å². The van der Waals surface area contributed by atoms with E-state index in [-0.39, 0.29) is 5.97 Å². The highest BCUT2D eigenvalue weighted by Gasteiger charge is 2.16. The van der Waals surface area contributed by atoms with Gasteiger partial charge in [0.2, 0.25) is 0 Å². The van der Waals surface area contributed by atoms with Gasteiger partial charge in [-0.1, -0.05) is 0 Å². The van der Waals surface area contributed by atoms with Gasteiger partial charge in [0.15, 0.2) is 6.10 Å². The Labute approximate surface area is 71.4 Å². The Hall–Kier alpha value is -0.220. The van der Waals surface area contributed by atoms with Gasteiger partial charge in [-0.25, -0.2) is 4.79 Å². The summed E-state index contributed by atoms with van der Waals surface area (Å²) in [5, 5.41) is 0. The van der Waals surface area contributed by atoms with Crippen LogP contribution >= 0.6 is 11.8 Å². The van der Waals surface area contributed by atoms with E-state index in [1.165, 1.54) is 14.2 Å². The summed E-state index contributed by atoms with van der Waals surface area (Å²) in [6.07, 6.45) is 2.31. The molecule has 0 aromatic rings. The molecule has 0 N–H and O–H groups in total. The highest BCUT2D eigenvalue weighted by Crippen LogP contribution is 2.04. The van der Waals surface area contributed by atoms with Gasteiger partial charge in [-0.15, -0.1) is 0 Å². The summed E-state index contributed by atoms with van der Waals surface area (Å²) >= 11 is 1.69. The normalized spacial score (nSPS) is 12.6. The summed E-state index contributed by atoms with van der Waals surface area (Å²) in [6.45, 7) is 0. The van der Waals surface area contributed by atoms with E-state index in [1.54, 1.807) is 11.8 Å². The van der Waals surface area contributed by atoms with Crippen molar-refractivity contribution < 1.29 is 14.3 Å². The number of rotatable bonds is 5. The van der Waals surface area contributed by atoms with Crippen LogP contribution in [0, 0.1) is 0 Å². The van der Waals surface area contributed by atoms with Gasteiger partial charge >= 0.3 is 5.97 Å². The topological polar surface area (TPSA) is 35.5 Å². The van der Waals surface area contributed by atoms with Crippen LogP contribution in [0.25, 0.3) is 0 Å². The van der Waals surface area contributed by atoms with Crippen molar-refractivity contribution in [3.05, 3.63) is 0 Å².